The van der Waals surface area contributed by atoms with Crippen LogP contribution in [0.2, 0.25) is 0 Å². The summed E-state index contributed by atoms with van der Waals surface area (Å²) in [6.45, 7) is 5.82. The van der Waals surface area contributed by atoms with E-state index in [0.29, 0.717) is 6.04 Å². The van der Waals surface area contributed by atoms with Crippen LogP contribution in [0.25, 0.3) is 0 Å². The summed E-state index contributed by atoms with van der Waals surface area (Å²) >= 11 is 0. The second-order valence-electron chi connectivity index (χ2n) is 5.97. The van der Waals surface area contributed by atoms with Gasteiger partial charge in [-0.15, -0.1) is 0 Å². The summed E-state index contributed by atoms with van der Waals surface area (Å²) in [5.74, 6) is 0.727. The first-order chi connectivity index (χ1) is 7.59. The predicted molar refractivity (Wildman–Crippen MR) is 71.8 cm³/mol. The molecule has 1 aliphatic carbocycles. The number of likely N-dealkylation sites (N-methyl/N-ethyl adjacent to an activating group) is 1. The highest BCUT2D eigenvalue weighted by molar-refractivity contribution is 4.79. The molecular weight excluding hydrogens is 196 g/mol. The molecule has 1 fully saturated rings. The largest absolute Gasteiger partial charge is 0.310 e. The second-order valence-corrected chi connectivity index (χ2v) is 5.97. The van der Waals surface area contributed by atoms with Gasteiger partial charge in [0.15, 0.2) is 0 Å². The molecule has 0 aromatic rings. The van der Waals surface area contributed by atoms with Gasteiger partial charge in [0.25, 0.3) is 0 Å². The van der Waals surface area contributed by atoms with Crippen molar-refractivity contribution in [1.29, 1.82) is 0 Å². The molecule has 2 heteroatoms. The zero-order chi connectivity index (χ0) is 12.0. The number of nitrogens with zero attached hydrogens (tertiary/aromatic N) is 1. The molecule has 1 rings (SSSR count). The summed E-state index contributed by atoms with van der Waals surface area (Å²) in [5.41, 5.74) is 0. The number of nitrogens with one attached hydrogen (secondary N) is 1. The quantitative estimate of drug-likeness (QED) is 0.725. The highest BCUT2D eigenvalue weighted by Gasteiger charge is 2.19. The van der Waals surface area contributed by atoms with Gasteiger partial charge < -0.3 is 10.2 Å². The maximum atomic E-state index is 3.89. The van der Waals surface area contributed by atoms with Crippen LogP contribution in [0.5, 0.6) is 0 Å². The van der Waals surface area contributed by atoms with Gasteiger partial charge in [-0.05, 0) is 32.9 Å². The molecule has 96 valence electrons. The molecule has 1 unspecified atom stereocenters. The Kier molecular flexibility index (Phi) is 6.37. The first-order valence-corrected chi connectivity index (χ1v) is 7.00. The summed E-state index contributed by atoms with van der Waals surface area (Å²) in [5, 5.41) is 3.89. The van der Waals surface area contributed by atoms with Crippen LogP contribution in [0.1, 0.15) is 52.4 Å². The average molecular weight is 226 g/mol. The van der Waals surface area contributed by atoms with Gasteiger partial charge >= 0.3 is 0 Å². The van der Waals surface area contributed by atoms with Crippen molar-refractivity contribution in [2.45, 2.75) is 64.5 Å². The van der Waals surface area contributed by atoms with Gasteiger partial charge in [-0.2, -0.15) is 0 Å². The molecule has 1 N–H and O–H groups in total. The van der Waals surface area contributed by atoms with Crippen LogP contribution in [0, 0.1) is 5.92 Å². The molecule has 1 saturated carbocycles. The lowest BCUT2D eigenvalue weighted by atomic mass is 10.0. The van der Waals surface area contributed by atoms with Gasteiger partial charge in [0, 0.05) is 18.6 Å². The van der Waals surface area contributed by atoms with Crippen molar-refractivity contribution >= 4 is 0 Å². The Hall–Kier alpha value is -0.0800. The maximum absolute atomic E-state index is 3.89. The van der Waals surface area contributed by atoms with Gasteiger partial charge in [-0.25, -0.2) is 0 Å². The van der Waals surface area contributed by atoms with Crippen molar-refractivity contribution in [2.75, 3.05) is 20.6 Å². The third-order valence-corrected chi connectivity index (χ3v) is 3.67. The molecule has 0 bridgehead atoms. The Labute approximate surface area is 102 Å². The molecule has 16 heavy (non-hydrogen) atoms. The number of hydrogen-bond acceptors (Lipinski definition) is 2. The molecule has 2 nitrogen and oxygen atoms in total. The molecule has 0 aromatic heterocycles. The van der Waals surface area contributed by atoms with Gasteiger partial charge in [0.2, 0.25) is 0 Å². The van der Waals surface area contributed by atoms with Crippen molar-refractivity contribution < 1.29 is 0 Å². The molecule has 0 heterocycles. The molecule has 0 radical (unpaired) electrons. The minimum atomic E-state index is 0.651. The lowest BCUT2D eigenvalue weighted by Gasteiger charge is -2.30. The van der Waals surface area contributed by atoms with E-state index in [9.17, 15) is 0 Å². The summed E-state index contributed by atoms with van der Waals surface area (Å²) in [4.78, 5) is 2.30. The van der Waals surface area contributed by atoms with Crippen LogP contribution < -0.4 is 5.32 Å². The van der Waals surface area contributed by atoms with Crippen LogP contribution in [0.3, 0.4) is 0 Å². The summed E-state index contributed by atoms with van der Waals surface area (Å²) in [6, 6.07) is 1.42. The van der Waals surface area contributed by atoms with E-state index in [-0.39, 0.29) is 0 Å². The van der Waals surface area contributed by atoms with Gasteiger partial charge in [0.1, 0.15) is 0 Å². The zero-order valence-electron chi connectivity index (χ0n) is 11.6. The van der Waals surface area contributed by atoms with Crippen LogP contribution in [-0.2, 0) is 0 Å². The topological polar surface area (TPSA) is 15.3 Å². The lowest BCUT2D eigenvalue weighted by molar-refractivity contribution is 0.260. The van der Waals surface area contributed by atoms with Crippen LogP contribution >= 0.6 is 0 Å². The molecule has 0 amide bonds. The van der Waals surface area contributed by atoms with Crippen molar-refractivity contribution in [1.82, 2.24) is 10.2 Å². The summed E-state index contributed by atoms with van der Waals surface area (Å²) in [7, 11) is 4.34. The van der Waals surface area contributed by atoms with Gasteiger partial charge in [-0.1, -0.05) is 39.5 Å². The third kappa shape index (κ3) is 5.31. The fourth-order valence-electron chi connectivity index (χ4n) is 2.60. The summed E-state index contributed by atoms with van der Waals surface area (Å²) < 4.78 is 0. The Balaban J connectivity index is 2.39. The van der Waals surface area contributed by atoms with Crippen LogP contribution in [0.4, 0.5) is 0 Å². The van der Waals surface area contributed by atoms with E-state index in [0.717, 1.165) is 18.5 Å². The van der Waals surface area contributed by atoms with Crippen molar-refractivity contribution in [2.24, 2.45) is 5.92 Å². The molecule has 1 aliphatic rings. The predicted octanol–water partition coefficient (Wildman–Crippen LogP) is 2.89. The minimum Gasteiger partial charge on any atom is -0.310 e. The monoisotopic (exact) mass is 226 g/mol. The first-order valence-electron chi connectivity index (χ1n) is 7.00. The van der Waals surface area contributed by atoms with Crippen LogP contribution in [-0.4, -0.2) is 37.6 Å². The van der Waals surface area contributed by atoms with E-state index >= 15 is 0 Å². The summed E-state index contributed by atoms with van der Waals surface area (Å²) in [6.07, 6.45) is 8.50. The molecular formula is C14H30N2. The van der Waals surface area contributed by atoms with E-state index in [2.05, 4.69) is 38.2 Å². The average Bonchev–Trinajstić information content (AvgIpc) is 2.44. The Morgan fingerprint density at radius 2 is 1.62 bits per heavy atom. The van der Waals surface area contributed by atoms with Crippen LogP contribution in [0.15, 0.2) is 0 Å². The normalized spacial score (nSPS) is 21.4. The second kappa shape index (κ2) is 7.29. The standard InChI is InChI=1S/C14H30N2/c1-12(2)14(11-16(3)4)15-13-9-7-5-6-8-10-13/h12-15H,5-11H2,1-4H3. The minimum absolute atomic E-state index is 0.651. The fraction of sp³-hybridized carbons (Fsp3) is 1.00. The first kappa shape index (κ1) is 14.0. The molecule has 1 atom stereocenters. The molecule has 0 aliphatic heterocycles. The Morgan fingerprint density at radius 1 is 1.06 bits per heavy atom. The highest BCUT2D eigenvalue weighted by Crippen LogP contribution is 2.18. The fourth-order valence-corrected chi connectivity index (χ4v) is 2.60. The molecule has 0 spiro atoms. The Morgan fingerprint density at radius 3 is 2.06 bits per heavy atom. The van der Waals surface area contributed by atoms with E-state index in [1.54, 1.807) is 0 Å². The number of rotatable bonds is 5. The van der Waals surface area contributed by atoms with E-state index in [1.807, 2.05) is 0 Å². The van der Waals surface area contributed by atoms with E-state index < -0.39 is 0 Å². The molecule has 0 saturated heterocycles. The lowest BCUT2D eigenvalue weighted by Crippen LogP contribution is -2.46. The third-order valence-electron chi connectivity index (χ3n) is 3.67. The SMILES string of the molecule is CC(C)C(CN(C)C)NC1CCCCCC1. The van der Waals surface area contributed by atoms with E-state index in [4.69, 9.17) is 0 Å². The zero-order valence-corrected chi connectivity index (χ0v) is 11.6. The van der Waals surface area contributed by atoms with E-state index in [1.165, 1.54) is 38.5 Å². The van der Waals surface area contributed by atoms with Crippen molar-refractivity contribution in [3.63, 3.8) is 0 Å². The smallest absolute Gasteiger partial charge is 0.0220 e. The Bertz CT molecular complexity index is 170. The van der Waals surface area contributed by atoms with Gasteiger partial charge in [-0.3, -0.25) is 0 Å². The van der Waals surface area contributed by atoms with Crippen molar-refractivity contribution in [3.05, 3.63) is 0 Å². The van der Waals surface area contributed by atoms with Crippen molar-refractivity contribution in [3.8, 4) is 0 Å². The molecule has 0 aromatic carbocycles. The highest BCUT2D eigenvalue weighted by atomic mass is 15.1. The van der Waals surface area contributed by atoms with Gasteiger partial charge in [0.05, 0.1) is 0 Å². The maximum Gasteiger partial charge on any atom is 0.0220 e. The number of hydrogen-bond donors (Lipinski definition) is 1.